The highest BCUT2D eigenvalue weighted by atomic mass is 32.2. The number of aromatic carboxylic acids is 1. The molecule has 1 aliphatic carbocycles. The SMILES string of the molecule is Cc1ccc(S(=O)(=O)C2CCCCCC2)cc1C(=O)O. The van der Waals surface area contributed by atoms with Crippen LogP contribution in [0.25, 0.3) is 0 Å². The highest BCUT2D eigenvalue weighted by Crippen LogP contribution is 2.28. The number of hydrogen-bond acceptors (Lipinski definition) is 3. The van der Waals surface area contributed by atoms with E-state index in [0.717, 1.165) is 25.7 Å². The molecule has 2 rings (SSSR count). The van der Waals surface area contributed by atoms with Crippen LogP contribution in [0, 0.1) is 6.92 Å². The number of carboxylic acid groups (broad SMARTS) is 1. The summed E-state index contributed by atoms with van der Waals surface area (Å²) >= 11 is 0. The topological polar surface area (TPSA) is 71.4 Å². The number of sulfone groups is 1. The summed E-state index contributed by atoms with van der Waals surface area (Å²) in [5.41, 5.74) is 0.650. The van der Waals surface area contributed by atoms with Gasteiger partial charge in [0.25, 0.3) is 0 Å². The van der Waals surface area contributed by atoms with Crippen molar-refractivity contribution in [3.63, 3.8) is 0 Å². The van der Waals surface area contributed by atoms with Gasteiger partial charge in [0.2, 0.25) is 0 Å². The highest BCUT2D eigenvalue weighted by Gasteiger charge is 2.28. The molecule has 0 aliphatic heterocycles. The smallest absolute Gasteiger partial charge is 0.335 e. The number of benzene rings is 1. The molecular weight excluding hydrogens is 276 g/mol. The molecule has 0 bridgehead atoms. The van der Waals surface area contributed by atoms with Crippen LogP contribution in [0.1, 0.15) is 54.4 Å². The van der Waals surface area contributed by atoms with Gasteiger partial charge in [-0.2, -0.15) is 0 Å². The first-order chi connectivity index (χ1) is 9.43. The summed E-state index contributed by atoms with van der Waals surface area (Å²) in [6, 6.07) is 4.41. The molecule has 0 unspecified atom stereocenters. The fourth-order valence-electron chi connectivity index (χ4n) is 2.75. The normalized spacial score (nSPS) is 17.6. The summed E-state index contributed by atoms with van der Waals surface area (Å²) in [5, 5.41) is 8.75. The van der Waals surface area contributed by atoms with Gasteiger partial charge in [-0.05, 0) is 37.5 Å². The van der Waals surface area contributed by atoms with Crippen LogP contribution in [0.5, 0.6) is 0 Å². The average Bonchev–Trinajstić information content (AvgIpc) is 2.67. The molecule has 1 fully saturated rings. The molecule has 1 aromatic rings. The molecule has 20 heavy (non-hydrogen) atoms. The minimum absolute atomic E-state index is 0.0692. The van der Waals surface area contributed by atoms with Gasteiger partial charge in [0.05, 0.1) is 15.7 Å². The minimum Gasteiger partial charge on any atom is -0.478 e. The van der Waals surface area contributed by atoms with Crippen molar-refractivity contribution in [3.05, 3.63) is 29.3 Å². The van der Waals surface area contributed by atoms with Crippen LogP contribution in [-0.4, -0.2) is 24.7 Å². The molecule has 1 aromatic carbocycles. The first-order valence-electron chi connectivity index (χ1n) is 7.01. The molecule has 1 aliphatic rings. The van der Waals surface area contributed by atoms with Gasteiger partial charge in [-0.25, -0.2) is 13.2 Å². The van der Waals surface area contributed by atoms with Gasteiger partial charge >= 0.3 is 5.97 Å². The van der Waals surface area contributed by atoms with Crippen LogP contribution in [0.2, 0.25) is 0 Å². The third-order valence-corrected chi connectivity index (χ3v) is 6.27. The van der Waals surface area contributed by atoms with E-state index < -0.39 is 15.8 Å². The van der Waals surface area contributed by atoms with E-state index >= 15 is 0 Å². The van der Waals surface area contributed by atoms with E-state index in [2.05, 4.69) is 0 Å². The maximum absolute atomic E-state index is 12.6. The first kappa shape index (κ1) is 15.0. The lowest BCUT2D eigenvalue weighted by molar-refractivity contribution is 0.0696. The van der Waals surface area contributed by atoms with Crippen molar-refractivity contribution < 1.29 is 18.3 Å². The first-order valence-corrected chi connectivity index (χ1v) is 8.55. The Morgan fingerprint density at radius 3 is 2.30 bits per heavy atom. The van der Waals surface area contributed by atoms with Crippen LogP contribution in [0.3, 0.4) is 0 Å². The molecule has 1 saturated carbocycles. The Morgan fingerprint density at radius 1 is 1.15 bits per heavy atom. The second-order valence-electron chi connectivity index (χ2n) is 5.44. The minimum atomic E-state index is -3.42. The standard InChI is InChI=1S/C15H20O4S/c1-11-8-9-13(10-14(11)15(16)17)20(18,19)12-6-4-2-3-5-7-12/h8-10,12H,2-7H2,1H3,(H,16,17). The van der Waals surface area contributed by atoms with Crippen LogP contribution < -0.4 is 0 Å². The summed E-state index contributed by atoms with van der Waals surface area (Å²) in [4.78, 5) is 11.3. The van der Waals surface area contributed by atoms with Gasteiger partial charge in [-0.3, -0.25) is 0 Å². The van der Waals surface area contributed by atoms with Gasteiger partial charge in [0, 0.05) is 0 Å². The molecule has 5 heteroatoms. The van der Waals surface area contributed by atoms with E-state index in [1.54, 1.807) is 13.0 Å². The Hall–Kier alpha value is -1.36. The Balaban J connectivity index is 2.38. The largest absolute Gasteiger partial charge is 0.478 e. The van der Waals surface area contributed by atoms with Crippen molar-refractivity contribution in [2.45, 2.75) is 55.6 Å². The fraction of sp³-hybridized carbons (Fsp3) is 0.533. The summed E-state index contributed by atoms with van der Waals surface area (Å²) < 4.78 is 25.3. The third kappa shape index (κ3) is 3.03. The molecule has 0 heterocycles. The number of hydrogen-bond donors (Lipinski definition) is 1. The predicted molar refractivity (Wildman–Crippen MR) is 76.8 cm³/mol. The molecule has 0 spiro atoms. The molecule has 0 atom stereocenters. The van der Waals surface area contributed by atoms with E-state index in [4.69, 9.17) is 5.11 Å². The zero-order valence-electron chi connectivity index (χ0n) is 11.6. The van der Waals surface area contributed by atoms with Crippen molar-refractivity contribution in [2.24, 2.45) is 0 Å². The number of carbonyl (C=O) groups is 1. The van der Waals surface area contributed by atoms with Crippen molar-refractivity contribution in [2.75, 3.05) is 0 Å². The van der Waals surface area contributed by atoms with Gasteiger partial charge in [-0.15, -0.1) is 0 Å². The predicted octanol–water partition coefficient (Wildman–Crippen LogP) is 3.19. The van der Waals surface area contributed by atoms with Gasteiger partial charge < -0.3 is 5.11 Å². The highest BCUT2D eigenvalue weighted by molar-refractivity contribution is 7.92. The molecule has 1 N–H and O–H groups in total. The van der Waals surface area contributed by atoms with Crippen molar-refractivity contribution >= 4 is 15.8 Å². The van der Waals surface area contributed by atoms with Gasteiger partial charge in [-0.1, -0.05) is 31.7 Å². The van der Waals surface area contributed by atoms with E-state index in [1.165, 1.54) is 12.1 Å². The summed E-state index contributed by atoms with van der Waals surface area (Å²) in [5.74, 6) is -1.08. The van der Waals surface area contributed by atoms with Gasteiger partial charge in [0.15, 0.2) is 9.84 Å². The zero-order chi connectivity index (χ0) is 14.8. The van der Waals surface area contributed by atoms with Crippen LogP contribution in [0.4, 0.5) is 0 Å². The van der Waals surface area contributed by atoms with E-state index in [9.17, 15) is 13.2 Å². The Kier molecular flexibility index (Phi) is 4.48. The summed E-state index contributed by atoms with van der Waals surface area (Å²) in [7, 11) is -3.42. The Labute approximate surface area is 119 Å². The molecule has 0 radical (unpaired) electrons. The lowest BCUT2D eigenvalue weighted by Crippen LogP contribution is -2.21. The second kappa shape index (κ2) is 5.95. The van der Waals surface area contributed by atoms with Crippen molar-refractivity contribution in [1.29, 1.82) is 0 Å². The van der Waals surface area contributed by atoms with Crippen molar-refractivity contribution in [3.8, 4) is 0 Å². The average molecular weight is 296 g/mol. The van der Waals surface area contributed by atoms with Crippen LogP contribution >= 0.6 is 0 Å². The van der Waals surface area contributed by atoms with Crippen LogP contribution in [-0.2, 0) is 9.84 Å². The molecule has 0 saturated heterocycles. The van der Waals surface area contributed by atoms with E-state index in [1.807, 2.05) is 0 Å². The summed E-state index contributed by atoms with van der Waals surface area (Å²) in [6.45, 7) is 1.67. The molecular formula is C15H20O4S. The molecule has 4 nitrogen and oxygen atoms in total. The van der Waals surface area contributed by atoms with E-state index in [-0.39, 0.29) is 15.7 Å². The maximum Gasteiger partial charge on any atom is 0.335 e. The Bertz CT molecular complexity index is 596. The third-order valence-electron chi connectivity index (χ3n) is 4.01. The second-order valence-corrected chi connectivity index (χ2v) is 7.67. The Morgan fingerprint density at radius 2 is 1.75 bits per heavy atom. The molecule has 110 valence electrons. The monoisotopic (exact) mass is 296 g/mol. The van der Waals surface area contributed by atoms with E-state index in [0.29, 0.717) is 18.4 Å². The lowest BCUT2D eigenvalue weighted by Gasteiger charge is -2.16. The maximum atomic E-state index is 12.6. The fourth-order valence-corrected chi connectivity index (χ4v) is 4.63. The lowest BCUT2D eigenvalue weighted by atomic mass is 10.1. The quantitative estimate of drug-likeness (QED) is 0.869. The van der Waals surface area contributed by atoms with Crippen LogP contribution in [0.15, 0.2) is 23.1 Å². The molecule has 0 amide bonds. The molecule has 0 aromatic heterocycles. The summed E-state index contributed by atoms with van der Waals surface area (Å²) in [6.07, 6.45) is 5.39. The number of rotatable bonds is 3. The number of carboxylic acids is 1. The van der Waals surface area contributed by atoms with Gasteiger partial charge in [0.1, 0.15) is 0 Å². The zero-order valence-corrected chi connectivity index (χ0v) is 12.4. The van der Waals surface area contributed by atoms with Crippen molar-refractivity contribution in [1.82, 2.24) is 0 Å². The number of aryl methyl sites for hydroxylation is 1.